The van der Waals surface area contributed by atoms with Crippen LogP contribution in [0.1, 0.15) is 15.5 Å². The second kappa shape index (κ2) is 5.16. The van der Waals surface area contributed by atoms with Gasteiger partial charge in [-0.15, -0.1) is 11.3 Å². The third-order valence-electron chi connectivity index (χ3n) is 2.03. The number of nitrogens with zero attached hydrogens (tertiary/aromatic N) is 1. The molecule has 3 nitrogen and oxygen atoms in total. The van der Waals surface area contributed by atoms with E-state index in [9.17, 15) is 4.79 Å². The molecule has 0 saturated heterocycles. The van der Waals surface area contributed by atoms with E-state index in [0.29, 0.717) is 16.4 Å². The number of anilines is 1. The van der Waals surface area contributed by atoms with Crippen molar-refractivity contribution in [1.82, 2.24) is 4.98 Å². The van der Waals surface area contributed by atoms with E-state index >= 15 is 0 Å². The molecule has 2 aromatic rings. The van der Waals surface area contributed by atoms with Crippen LogP contribution in [0, 0.1) is 6.92 Å². The Hall–Kier alpha value is -0.910. The van der Waals surface area contributed by atoms with Gasteiger partial charge in [0.25, 0.3) is 5.91 Å². The molecule has 2 rings (SSSR count). The Morgan fingerprint density at radius 1 is 1.53 bits per heavy atom. The molecule has 0 fully saturated rings. The highest BCUT2D eigenvalue weighted by Gasteiger charge is 2.10. The monoisotopic (exact) mass is 330 g/mol. The number of aromatic nitrogens is 1. The average Bonchev–Trinajstić information content (AvgIpc) is 2.70. The van der Waals surface area contributed by atoms with Gasteiger partial charge in [0.1, 0.15) is 5.69 Å². The van der Waals surface area contributed by atoms with Crippen LogP contribution in [0.4, 0.5) is 5.69 Å². The van der Waals surface area contributed by atoms with Crippen LogP contribution in [0.2, 0.25) is 5.02 Å². The molecule has 1 aromatic heterocycles. The van der Waals surface area contributed by atoms with Gasteiger partial charge in [-0.1, -0.05) is 11.6 Å². The zero-order chi connectivity index (χ0) is 12.4. The Morgan fingerprint density at radius 2 is 2.29 bits per heavy atom. The van der Waals surface area contributed by atoms with Crippen LogP contribution in [0.5, 0.6) is 0 Å². The van der Waals surface area contributed by atoms with Gasteiger partial charge < -0.3 is 5.32 Å². The summed E-state index contributed by atoms with van der Waals surface area (Å²) >= 11 is 10.7. The topological polar surface area (TPSA) is 42.0 Å². The second-order valence-electron chi connectivity index (χ2n) is 3.33. The fraction of sp³-hybridized carbons (Fsp3) is 0.0909. The third-order valence-corrected chi connectivity index (χ3v) is 4.04. The van der Waals surface area contributed by atoms with Crippen molar-refractivity contribution < 1.29 is 4.79 Å². The highest BCUT2D eigenvalue weighted by Crippen LogP contribution is 2.25. The van der Waals surface area contributed by atoms with Gasteiger partial charge in [-0.3, -0.25) is 4.79 Å². The first-order valence-corrected chi connectivity index (χ1v) is 6.80. The van der Waals surface area contributed by atoms with E-state index in [1.54, 1.807) is 23.6 Å². The van der Waals surface area contributed by atoms with E-state index < -0.39 is 0 Å². The lowest BCUT2D eigenvalue weighted by Gasteiger charge is -2.04. The standard InChI is InChI=1S/C11H8BrClN2OS/c1-6-14-10(5-17-6)11(16)15-7-2-3-8(12)9(13)4-7/h2-5H,1H3,(H,15,16). The zero-order valence-corrected chi connectivity index (χ0v) is 12.0. The fourth-order valence-electron chi connectivity index (χ4n) is 1.24. The summed E-state index contributed by atoms with van der Waals surface area (Å²) < 4.78 is 0.793. The third kappa shape index (κ3) is 3.06. The maximum absolute atomic E-state index is 11.8. The number of aryl methyl sites for hydroxylation is 1. The molecule has 0 saturated carbocycles. The van der Waals surface area contributed by atoms with Crippen LogP contribution in [-0.4, -0.2) is 10.9 Å². The highest BCUT2D eigenvalue weighted by molar-refractivity contribution is 9.10. The van der Waals surface area contributed by atoms with E-state index in [1.165, 1.54) is 11.3 Å². The van der Waals surface area contributed by atoms with E-state index in [-0.39, 0.29) is 5.91 Å². The summed E-state index contributed by atoms with van der Waals surface area (Å²) in [6.07, 6.45) is 0. The summed E-state index contributed by atoms with van der Waals surface area (Å²) in [7, 11) is 0. The predicted molar refractivity (Wildman–Crippen MR) is 74.0 cm³/mol. The van der Waals surface area contributed by atoms with Gasteiger partial charge in [0.05, 0.1) is 10.0 Å². The predicted octanol–water partition coefficient (Wildman–Crippen LogP) is 4.12. The van der Waals surface area contributed by atoms with Gasteiger partial charge in [0.15, 0.2) is 0 Å². The summed E-state index contributed by atoms with van der Waals surface area (Å²) in [5.74, 6) is -0.229. The number of carbonyl (C=O) groups is 1. The number of nitrogens with one attached hydrogen (secondary N) is 1. The number of halogens is 2. The van der Waals surface area contributed by atoms with Crippen LogP contribution in [0.25, 0.3) is 0 Å². The van der Waals surface area contributed by atoms with Crippen molar-refractivity contribution in [3.63, 3.8) is 0 Å². The molecule has 0 aliphatic rings. The largest absolute Gasteiger partial charge is 0.321 e. The lowest BCUT2D eigenvalue weighted by molar-refractivity contribution is 0.102. The van der Waals surface area contributed by atoms with Gasteiger partial charge in [0, 0.05) is 15.5 Å². The van der Waals surface area contributed by atoms with Crippen LogP contribution in [0.3, 0.4) is 0 Å². The highest BCUT2D eigenvalue weighted by atomic mass is 79.9. The molecule has 0 unspecified atom stereocenters. The van der Waals surface area contributed by atoms with Gasteiger partial charge in [-0.25, -0.2) is 4.98 Å². The molecule has 1 heterocycles. The molecule has 0 atom stereocenters. The number of hydrogen-bond acceptors (Lipinski definition) is 3. The van der Waals surface area contributed by atoms with Crippen molar-refractivity contribution in [3.8, 4) is 0 Å². The minimum absolute atomic E-state index is 0.229. The lowest BCUT2D eigenvalue weighted by Crippen LogP contribution is -2.12. The van der Waals surface area contributed by atoms with Crippen molar-refractivity contribution >= 4 is 50.5 Å². The molecular weight excluding hydrogens is 324 g/mol. The number of rotatable bonds is 2. The van der Waals surface area contributed by atoms with Crippen molar-refractivity contribution in [2.75, 3.05) is 5.32 Å². The second-order valence-corrected chi connectivity index (χ2v) is 5.66. The molecule has 0 aliphatic heterocycles. The van der Waals surface area contributed by atoms with Crippen LogP contribution in [-0.2, 0) is 0 Å². The Bertz CT molecular complexity index is 570. The molecule has 0 radical (unpaired) electrons. The van der Waals surface area contributed by atoms with E-state index in [0.717, 1.165) is 9.48 Å². The minimum Gasteiger partial charge on any atom is -0.321 e. The Balaban J connectivity index is 2.15. The van der Waals surface area contributed by atoms with Crippen LogP contribution >= 0.6 is 38.9 Å². The van der Waals surface area contributed by atoms with Gasteiger partial charge >= 0.3 is 0 Å². The van der Waals surface area contributed by atoms with Crippen LogP contribution in [0.15, 0.2) is 28.1 Å². The Morgan fingerprint density at radius 3 is 2.88 bits per heavy atom. The minimum atomic E-state index is -0.229. The average molecular weight is 332 g/mol. The van der Waals surface area contributed by atoms with Crippen molar-refractivity contribution in [2.24, 2.45) is 0 Å². The first kappa shape index (κ1) is 12.5. The zero-order valence-electron chi connectivity index (χ0n) is 8.83. The number of carbonyl (C=O) groups excluding carboxylic acids is 1. The van der Waals surface area contributed by atoms with E-state index in [2.05, 4.69) is 26.2 Å². The van der Waals surface area contributed by atoms with Crippen molar-refractivity contribution in [1.29, 1.82) is 0 Å². The quantitative estimate of drug-likeness (QED) is 0.899. The molecule has 1 aromatic carbocycles. The summed E-state index contributed by atoms with van der Waals surface area (Å²) in [6, 6.07) is 5.24. The van der Waals surface area contributed by atoms with E-state index in [1.807, 2.05) is 6.92 Å². The summed E-state index contributed by atoms with van der Waals surface area (Å²) in [5, 5.41) is 5.88. The molecule has 0 aliphatic carbocycles. The van der Waals surface area contributed by atoms with Crippen molar-refractivity contribution in [3.05, 3.63) is 43.8 Å². The van der Waals surface area contributed by atoms with Crippen LogP contribution < -0.4 is 5.32 Å². The van der Waals surface area contributed by atoms with E-state index in [4.69, 9.17) is 11.6 Å². The summed E-state index contributed by atoms with van der Waals surface area (Å²) in [6.45, 7) is 1.86. The summed E-state index contributed by atoms with van der Waals surface area (Å²) in [5.41, 5.74) is 1.07. The lowest BCUT2D eigenvalue weighted by atomic mass is 10.3. The molecule has 6 heteroatoms. The molecule has 1 amide bonds. The molecule has 17 heavy (non-hydrogen) atoms. The molecular formula is C11H8BrClN2OS. The number of amides is 1. The molecule has 88 valence electrons. The molecule has 0 bridgehead atoms. The first-order valence-electron chi connectivity index (χ1n) is 4.75. The normalized spacial score (nSPS) is 10.3. The molecule has 0 spiro atoms. The Kier molecular flexibility index (Phi) is 3.81. The Labute approximate surface area is 116 Å². The summed E-state index contributed by atoms with van der Waals surface area (Å²) in [4.78, 5) is 15.9. The fourth-order valence-corrected chi connectivity index (χ4v) is 2.26. The van der Waals surface area contributed by atoms with Gasteiger partial charge in [-0.2, -0.15) is 0 Å². The maximum atomic E-state index is 11.8. The number of benzene rings is 1. The molecule has 1 N–H and O–H groups in total. The first-order chi connectivity index (χ1) is 8.06. The maximum Gasteiger partial charge on any atom is 0.275 e. The SMILES string of the molecule is Cc1nc(C(=O)Nc2ccc(Br)c(Cl)c2)cs1. The van der Waals surface area contributed by atoms with Gasteiger partial charge in [-0.05, 0) is 41.1 Å². The number of thiazole rings is 1. The van der Waals surface area contributed by atoms with Crippen molar-refractivity contribution in [2.45, 2.75) is 6.92 Å². The smallest absolute Gasteiger partial charge is 0.275 e. The van der Waals surface area contributed by atoms with Gasteiger partial charge in [0.2, 0.25) is 0 Å². The number of hydrogen-bond donors (Lipinski definition) is 1.